The number of rotatable bonds is 13. The normalized spacial score (nSPS) is 19.8. The third kappa shape index (κ3) is 6.77. The van der Waals surface area contributed by atoms with E-state index in [4.69, 9.17) is 28.4 Å². The van der Waals surface area contributed by atoms with Gasteiger partial charge in [0.1, 0.15) is 0 Å². The van der Waals surface area contributed by atoms with Crippen LogP contribution in [0.5, 0.6) is 17.2 Å². The van der Waals surface area contributed by atoms with E-state index in [1.54, 1.807) is 0 Å². The van der Waals surface area contributed by atoms with Gasteiger partial charge in [0.15, 0.2) is 30.4 Å². The summed E-state index contributed by atoms with van der Waals surface area (Å²) < 4.78 is 36.0. The molecule has 0 fully saturated rings. The van der Waals surface area contributed by atoms with Gasteiger partial charge in [-0.2, -0.15) is 0 Å². The van der Waals surface area contributed by atoms with E-state index in [0.29, 0.717) is 43.0 Å². The Kier molecular flexibility index (Phi) is 9.49. The molecule has 0 aliphatic heterocycles. The van der Waals surface area contributed by atoms with Gasteiger partial charge in [-0.3, -0.25) is 0 Å². The number of fused-ring (bicyclic) bond motifs is 1. The van der Waals surface area contributed by atoms with Crippen LogP contribution in [0.4, 0.5) is 0 Å². The van der Waals surface area contributed by atoms with E-state index >= 15 is 0 Å². The molecule has 1 aliphatic carbocycles. The number of hydrogen-bond donors (Lipinski definition) is 0. The van der Waals surface area contributed by atoms with E-state index in [-0.39, 0.29) is 10.8 Å². The first-order valence-electron chi connectivity index (χ1n) is 12.4. The third-order valence-electron chi connectivity index (χ3n) is 6.00. The zero-order valence-corrected chi connectivity index (χ0v) is 22.7. The number of hydrogen-bond acceptors (Lipinski definition) is 6. The lowest BCUT2D eigenvalue weighted by molar-refractivity contribution is -0.0859. The zero-order chi connectivity index (χ0) is 25.0. The van der Waals surface area contributed by atoms with E-state index in [0.717, 1.165) is 12.0 Å². The van der Waals surface area contributed by atoms with Crippen molar-refractivity contribution in [2.75, 3.05) is 19.8 Å². The minimum absolute atomic E-state index is 0.0824. The molecule has 190 valence electrons. The molecule has 4 atom stereocenters. The van der Waals surface area contributed by atoms with Crippen LogP contribution in [0.2, 0.25) is 0 Å². The van der Waals surface area contributed by atoms with Crippen molar-refractivity contribution in [3.05, 3.63) is 17.2 Å². The molecule has 0 radical (unpaired) electrons. The maximum absolute atomic E-state index is 6.40. The van der Waals surface area contributed by atoms with Gasteiger partial charge in [0.2, 0.25) is 5.75 Å². The molecule has 1 aromatic rings. The van der Waals surface area contributed by atoms with Crippen LogP contribution < -0.4 is 14.2 Å². The second kappa shape index (κ2) is 11.3. The van der Waals surface area contributed by atoms with Gasteiger partial charge in [-0.1, -0.05) is 34.6 Å². The summed E-state index contributed by atoms with van der Waals surface area (Å²) in [5.74, 6) is 2.19. The van der Waals surface area contributed by atoms with Crippen LogP contribution >= 0.6 is 0 Å². The summed E-state index contributed by atoms with van der Waals surface area (Å²) in [7, 11) is 0. The van der Waals surface area contributed by atoms with Crippen molar-refractivity contribution in [3.8, 4) is 17.2 Å². The van der Waals surface area contributed by atoms with E-state index in [1.165, 1.54) is 5.56 Å². The predicted octanol–water partition coefficient (Wildman–Crippen LogP) is 6.78. The summed E-state index contributed by atoms with van der Waals surface area (Å²) in [6.07, 6.45) is -0.259. The minimum Gasteiger partial charge on any atom is -0.461 e. The molecule has 0 amide bonds. The Morgan fingerprint density at radius 1 is 0.788 bits per heavy atom. The SMILES string of the molecule is CCOC(C)Oc1cc2c(c(OC(C)OCC)c1OC(C)OCC)C(C)(C)C2CC(C)(C)C. The quantitative estimate of drug-likeness (QED) is 0.299. The molecule has 2 rings (SSSR count). The Hall–Kier alpha value is -1.50. The molecule has 4 unspecified atom stereocenters. The molecule has 1 aromatic carbocycles. The van der Waals surface area contributed by atoms with Crippen LogP contribution in [-0.2, 0) is 19.6 Å². The van der Waals surface area contributed by atoms with Crippen molar-refractivity contribution in [1.29, 1.82) is 0 Å². The van der Waals surface area contributed by atoms with Crippen LogP contribution in [0.1, 0.15) is 99.6 Å². The largest absolute Gasteiger partial charge is 0.461 e. The summed E-state index contributed by atoms with van der Waals surface area (Å²) in [6, 6.07) is 2.11. The molecule has 0 spiro atoms. The Morgan fingerprint density at radius 3 is 1.70 bits per heavy atom. The highest BCUT2D eigenvalue weighted by Gasteiger charge is 2.50. The summed E-state index contributed by atoms with van der Waals surface area (Å²) in [4.78, 5) is 0. The molecular formula is C27H46O6. The summed E-state index contributed by atoms with van der Waals surface area (Å²) in [5.41, 5.74) is 2.50. The first kappa shape index (κ1) is 27.7. The van der Waals surface area contributed by atoms with Crippen molar-refractivity contribution in [1.82, 2.24) is 0 Å². The van der Waals surface area contributed by atoms with Crippen molar-refractivity contribution in [3.63, 3.8) is 0 Å². The predicted molar refractivity (Wildman–Crippen MR) is 131 cm³/mol. The average Bonchev–Trinajstić information content (AvgIpc) is 2.68. The fourth-order valence-electron chi connectivity index (χ4n) is 4.67. The standard InChI is InChI=1S/C27H46O6/c1-12-28-17(4)31-22-15-20-21(16-26(7,8)9)27(10,11)23(20)25(33-19(6)30-14-3)24(22)32-18(5)29-13-2/h15,17-19,21H,12-14,16H2,1-11H3. The molecule has 6 heteroatoms. The molecule has 6 nitrogen and oxygen atoms in total. The highest BCUT2D eigenvalue weighted by molar-refractivity contribution is 5.67. The topological polar surface area (TPSA) is 55.4 Å². The van der Waals surface area contributed by atoms with Gasteiger partial charge < -0.3 is 28.4 Å². The number of ether oxygens (including phenoxy) is 6. The fourth-order valence-corrected chi connectivity index (χ4v) is 4.67. The van der Waals surface area contributed by atoms with Crippen molar-refractivity contribution < 1.29 is 28.4 Å². The van der Waals surface area contributed by atoms with Crippen LogP contribution in [0, 0.1) is 5.41 Å². The van der Waals surface area contributed by atoms with Gasteiger partial charge in [-0.25, -0.2) is 0 Å². The van der Waals surface area contributed by atoms with Gasteiger partial charge in [0.25, 0.3) is 0 Å². The van der Waals surface area contributed by atoms with E-state index in [1.807, 2.05) is 41.5 Å². The van der Waals surface area contributed by atoms with Crippen molar-refractivity contribution in [2.24, 2.45) is 5.41 Å². The molecule has 33 heavy (non-hydrogen) atoms. The van der Waals surface area contributed by atoms with Crippen LogP contribution in [0.25, 0.3) is 0 Å². The molecule has 0 heterocycles. The fraction of sp³-hybridized carbons (Fsp3) is 0.778. The maximum Gasteiger partial charge on any atom is 0.207 e. The van der Waals surface area contributed by atoms with Gasteiger partial charge >= 0.3 is 0 Å². The maximum atomic E-state index is 6.40. The van der Waals surface area contributed by atoms with Crippen LogP contribution in [0.15, 0.2) is 6.07 Å². The second-order valence-electron chi connectivity index (χ2n) is 10.5. The monoisotopic (exact) mass is 466 g/mol. The van der Waals surface area contributed by atoms with E-state index in [9.17, 15) is 0 Å². The lowest BCUT2D eigenvalue weighted by Crippen LogP contribution is -2.41. The highest BCUT2D eigenvalue weighted by Crippen LogP contribution is 2.63. The molecule has 0 saturated carbocycles. The lowest BCUT2D eigenvalue weighted by atomic mass is 9.54. The summed E-state index contributed by atoms with van der Waals surface area (Å²) in [6.45, 7) is 24.6. The molecule has 0 bridgehead atoms. The average molecular weight is 467 g/mol. The Morgan fingerprint density at radius 2 is 1.24 bits per heavy atom. The first-order chi connectivity index (χ1) is 15.3. The Balaban J connectivity index is 2.66. The van der Waals surface area contributed by atoms with Crippen molar-refractivity contribution in [2.45, 2.75) is 113 Å². The molecule has 0 N–H and O–H groups in total. The second-order valence-corrected chi connectivity index (χ2v) is 10.5. The van der Waals surface area contributed by atoms with Gasteiger partial charge in [0, 0.05) is 30.8 Å². The molecular weight excluding hydrogens is 420 g/mol. The van der Waals surface area contributed by atoms with E-state index in [2.05, 4.69) is 40.7 Å². The molecule has 0 aromatic heterocycles. The Labute approximate surface area is 201 Å². The number of benzene rings is 1. The van der Waals surface area contributed by atoms with Crippen LogP contribution in [0.3, 0.4) is 0 Å². The lowest BCUT2D eigenvalue weighted by Gasteiger charge is -2.50. The third-order valence-corrected chi connectivity index (χ3v) is 6.00. The van der Waals surface area contributed by atoms with Gasteiger partial charge in [-0.15, -0.1) is 0 Å². The summed E-state index contributed by atoms with van der Waals surface area (Å²) >= 11 is 0. The van der Waals surface area contributed by atoms with Crippen LogP contribution in [-0.4, -0.2) is 38.7 Å². The van der Waals surface area contributed by atoms with Gasteiger partial charge in [-0.05, 0) is 70.9 Å². The highest BCUT2D eigenvalue weighted by atomic mass is 16.7. The minimum atomic E-state index is -0.462. The van der Waals surface area contributed by atoms with Crippen molar-refractivity contribution >= 4 is 0 Å². The summed E-state index contributed by atoms with van der Waals surface area (Å²) in [5, 5.41) is 0. The van der Waals surface area contributed by atoms with E-state index < -0.39 is 18.9 Å². The molecule has 0 saturated heterocycles. The van der Waals surface area contributed by atoms with Gasteiger partial charge in [0.05, 0.1) is 0 Å². The zero-order valence-electron chi connectivity index (χ0n) is 22.7. The molecule has 1 aliphatic rings. The Bertz CT molecular complexity index is 767. The smallest absolute Gasteiger partial charge is 0.207 e. The first-order valence-corrected chi connectivity index (χ1v) is 12.4.